The van der Waals surface area contributed by atoms with Gasteiger partial charge in [-0.1, -0.05) is 11.6 Å². The SMILES string of the molecule is O=C(Nc1ccc(O)nn1)N1CCN(c2ccc(Cl)cn2)CC1. The van der Waals surface area contributed by atoms with Gasteiger partial charge in [0.15, 0.2) is 5.82 Å². The van der Waals surface area contributed by atoms with Crippen molar-refractivity contribution in [3.8, 4) is 5.88 Å². The molecule has 0 bridgehead atoms. The fraction of sp³-hybridized carbons (Fsp3) is 0.286. The normalized spacial score (nSPS) is 14.7. The first-order chi connectivity index (χ1) is 11.1. The maximum Gasteiger partial charge on any atom is 0.323 e. The highest BCUT2D eigenvalue weighted by atomic mass is 35.5. The van der Waals surface area contributed by atoms with Crippen LogP contribution in [0, 0.1) is 0 Å². The number of halogens is 1. The smallest absolute Gasteiger partial charge is 0.323 e. The van der Waals surface area contributed by atoms with E-state index in [1.165, 1.54) is 12.1 Å². The Morgan fingerprint density at radius 3 is 2.52 bits per heavy atom. The number of pyridine rings is 1. The van der Waals surface area contributed by atoms with Crippen molar-refractivity contribution in [3.63, 3.8) is 0 Å². The Balaban J connectivity index is 1.54. The molecule has 120 valence electrons. The number of aromatic nitrogens is 3. The van der Waals surface area contributed by atoms with Crippen LogP contribution >= 0.6 is 11.6 Å². The number of aromatic hydroxyl groups is 1. The molecule has 2 aromatic rings. The van der Waals surface area contributed by atoms with Crippen LogP contribution in [0.2, 0.25) is 5.02 Å². The number of carbonyl (C=O) groups excluding carboxylic acids is 1. The molecular weight excluding hydrogens is 320 g/mol. The number of nitrogens with zero attached hydrogens (tertiary/aromatic N) is 5. The summed E-state index contributed by atoms with van der Waals surface area (Å²) in [5.74, 6) is 0.959. The van der Waals surface area contributed by atoms with Crippen molar-refractivity contribution < 1.29 is 9.90 Å². The van der Waals surface area contributed by atoms with Crippen molar-refractivity contribution in [2.24, 2.45) is 0 Å². The van der Waals surface area contributed by atoms with Gasteiger partial charge in [0.2, 0.25) is 5.88 Å². The highest BCUT2D eigenvalue weighted by molar-refractivity contribution is 6.30. The number of hydrogen-bond donors (Lipinski definition) is 2. The molecule has 8 nitrogen and oxygen atoms in total. The maximum absolute atomic E-state index is 12.2. The summed E-state index contributed by atoms with van der Waals surface area (Å²) in [6.07, 6.45) is 1.61. The Labute approximate surface area is 137 Å². The van der Waals surface area contributed by atoms with E-state index in [1.54, 1.807) is 17.2 Å². The molecule has 3 rings (SSSR count). The lowest BCUT2D eigenvalue weighted by molar-refractivity contribution is 0.208. The van der Waals surface area contributed by atoms with Gasteiger partial charge in [-0.05, 0) is 18.2 Å². The third-order valence-corrected chi connectivity index (χ3v) is 3.71. The zero-order chi connectivity index (χ0) is 16.2. The number of amides is 2. The zero-order valence-electron chi connectivity index (χ0n) is 12.2. The number of anilines is 2. The van der Waals surface area contributed by atoms with Gasteiger partial charge in [-0.2, -0.15) is 0 Å². The summed E-state index contributed by atoms with van der Waals surface area (Å²) in [4.78, 5) is 20.2. The Morgan fingerprint density at radius 1 is 1.13 bits per heavy atom. The molecule has 2 N–H and O–H groups in total. The molecule has 0 spiro atoms. The minimum absolute atomic E-state index is 0.188. The van der Waals surface area contributed by atoms with E-state index in [1.807, 2.05) is 6.07 Å². The highest BCUT2D eigenvalue weighted by Gasteiger charge is 2.22. The van der Waals surface area contributed by atoms with Crippen LogP contribution in [0.15, 0.2) is 30.5 Å². The topological polar surface area (TPSA) is 94.5 Å². The van der Waals surface area contributed by atoms with E-state index in [0.29, 0.717) is 37.0 Å². The molecular formula is C14H15ClN6O2. The van der Waals surface area contributed by atoms with Gasteiger partial charge in [0.1, 0.15) is 5.82 Å². The van der Waals surface area contributed by atoms with Crippen molar-refractivity contribution >= 4 is 29.3 Å². The molecule has 2 aromatic heterocycles. The number of nitrogens with one attached hydrogen (secondary N) is 1. The van der Waals surface area contributed by atoms with E-state index in [-0.39, 0.29) is 11.9 Å². The van der Waals surface area contributed by atoms with Crippen LogP contribution in [0.5, 0.6) is 5.88 Å². The fourth-order valence-corrected chi connectivity index (χ4v) is 2.39. The average Bonchev–Trinajstić information content (AvgIpc) is 2.58. The molecule has 9 heteroatoms. The summed E-state index contributed by atoms with van der Waals surface area (Å²) >= 11 is 5.83. The number of carbonyl (C=O) groups is 1. The van der Waals surface area contributed by atoms with Crippen molar-refractivity contribution in [2.75, 3.05) is 36.4 Å². The Hall–Kier alpha value is -2.61. The molecule has 0 aliphatic carbocycles. The molecule has 0 saturated carbocycles. The van der Waals surface area contributed by atoms with E-state index >= 15 is 0 Å². The Morgan fingerprint density at radius 2 is 1.91 bits per heavy atom. The lowest BCUT2D eigenvalue weighted by Gasteiger charge is -2.35. The number of urea groups is 1. The Bertz CT molecular complexity index is 671. The third kappa shape index (κ3) is 3.78. The van der Waals surface area contributed by atoms with Gasteiger partial charge in [-0.25, -0.2) is 9.78 Å². The van der Waals surface area contributed by atoms with Gasteiger partial charge in [0, 0.05) is 38.4 Å². The molecule has 0 unspecified atom stereocenters. The number of piperazine rings is 1. The van der Waals surface area contributed by atoms with Crippen LogP contribution in [0.25, 0.3) is 0 Å². The highest BCUT2D eigenvalue weighted by Crippen LogP contribution is 2.16. The zero-order valence-corrected chi connectivity index (χ0v) is 12.9. The standard InChI is InChI=1S/C14H15ClN6O2/c15-10-1-3-12(16-9-10)20-5-7-21(8-6-20)14(23)17-11-2-4-13(22)19-18-11/h1-4,9H,5-8H2,(H,19,22)(H,17,18,23). The van der Waals surface area contributed by atoms with Crippen LogP contribution in [-0.2, 0) is 0 Å². The molecule has 23 heavy (non-hydrogen) atoms. The average molecular weight is 335 g/mol. The van der Waals surface area contributed by atoms with E-state index < -0.39 is 0 Å². The Kier molecular flexibility index (Phi) is 4.42. The first-order valence-corrected chi connectivity index (χ1v) is 7.45. The lowest BCUT2D eigenvalue weighted by Crippen LogP contribution is -2.50. The van der Waals surface area contributed by atoms with Crippen molar-refractivity contribution in [1.29, 1.82) is 0 Å². The van der Waals surface area contributed by atoms with Crippen LogP contribution in [-0.4, -0.2) is 57.4 Å². The van der Waals surface area contributed by atoms with Crippen LogP contribution in [0.1, 0.15) is 0 Å². The molecule has 3 heterocycles. The quantitative estimate of drug-likeness (QED) is 0.866. The molecule has 0 aromatic carbocycles. The van der Waals surface area contributed by atoms with Gasteiger partial charge in [0.05, 0.1) is 5.02 Å². The molecule has 1 saturated heterocycles. The minimum Gasteiger partial charge on any atom is -0.492 e. The minimum atomic E-state index is -0.242. The summed E-state index contributed by atoms with van der Waals surface area (Å²) in [7, 11) is 0. The predicted molar refractivity (Wildman–Crippen MR) is 85.7 cm³/mol. The summed E-state index contributed by atoms with van der Waals surface area (Å²) < 4.78 is 0. The summed E-state index contributed by atoms with van der Waals surface area (Å²) in [6, 6.07) is 6.28. The van der Waals surface area contributed by atoms with Gasteiger partial charge in [-0.3, -0.25) is 5.32 Å². The van der Waals surface area contributed by atoms with Gasteiger partial charge < -0.3 is 14.9 Å². The first-order valence-electron chi connectivity index (χ1n) is 7.07. The van der Waals surface area contributed by atoms with Gasteiger partial charge in [-0.15, -0.1) is 10.2 Å². The van der Waals surface area contributed by atoms with Gasteiger partial charge in [0.25, 0.3) is 0 Å². The first kappa shape index (κ1) is 15.3. The predicted octanol–water partition coefficient (Wildman–Crippen LogP) is 1.58. The number of rotatable bonds is 2. The van der Waals surface area contributed by atoms with Crippen LogP contribution in [0.3, 0.4) is 0 Å². The van der Waals surface area contributed by atoms with Gasteiger partial charge >= 0.3 is 6.03 Å². The van der Waals surface area contributed by atoms with Crippen molar-refractivity contribution in [3.05, 3.63) is 35.5 Å². The molecule has 0 atom stereocenters. The lowest BCUT2D eigenvalue weighted by atomic mass is 10.3. The molecule has 2 amide bonds. The second-order valence-corrected chi connectivity index (χ2v) is 5.45. The maximum atomic E-state index is 12.2. The number of hydrogen-bond acceptors (Lipinski definition) is 6. The van der Waals surface area contributed by atoms with E-state index in [4.69, 9.17) is 16.7 Å². The molecule has 1 aliphatic heterocycles. The summed E-state index contributed by atoms with van der Waals surface area (Å²) in [5, 5.41) is 19.5. The second-order valence-electron chi connectivity index (χ2n) is 5.02. The fourth-order valence-electron chi connectivity index (χ4n) is 2.27. The van der Waals surface area contributed by atoms with E-state index in [0.717, 1.165) is 5.82 Å². The van der Waals surface area contributed by atoms with Crippen molar-refractivity contribution in [2.45, 2.75) is 0 Å². The molecule has 1 aliphatic rings. The summed E-state index contributed by atoms with van der Waals surface area (Å²) in [5.41, 5.74) is 0. The summed E-state index contributed by atoms with van der Waals surface area (Å²) in [6.45, 7) is 2.51. The van der Waals surface area contributed by atoms with Crippen LogP contribution in [0.4, 0.5) is 16.4 Å². The largest absolute Gasteiger partial charge is 0.492 e. The van der Waals surface area contributed by atoms with E-state index in [9.17, 15) is 4.79 Å². The van der Waals surface area contributed by atoms with E-state index in [2.05, 4.69) is 25.4 Å². The monoisotopic (exact) mass is 334 g/mol. The molecule has 1 fully saturated rings. The third-order valence-electron chi connectivity index (χ3n) is 3.49. The van der Waals surface area contributed by atoms with Crippen molar-refractivity contribution in [1.82, 2.24) is 20.1 Å². The molecule has 0 radical (unpaired) electrons. The second kappa shape index (κ2) is 6.66. The van der Waals surface area contributed by atoms with Crippen LogP contribution < -0.4 is 10.2 Å².